The van der Waals surface area contributed by atoms with Crippen LogP contribution >= 0.6 is 0 Å². The van der Waals surface area contributed by atoms with Crippen LogP contribution in [0.4, 0.5) is 0 Å². The summed E-state index contributed by atoms with van der Waals surface area (Å²) in [4.78, 5) is 11.1. The number of nitrogens with two attached hydrogens (primary N) is 1. The monoisotopic (exact) mass is 212 g/mol. The maximum Gasteiger partial charge on any atom is 0.236 e. The van der Waals surface area contributed by atoms with E-state index in [4.69, 9.17) is 10.5 Å². The van der Waals surface area contributed by atoms with Gasteiger partial charge in [0.1, 0.15) is 6.04 Å². The van der Waals surface area contributed by atoms with Crippen molar-refractivity contribution < 1.29 is 9.53 Å². The minimum Gasteiger partial charge on any atom is -0.379 e. The van der Waals surface area contributed by atoms with Crippen molar-refractivity contribution >= 4 is 5.91 Å². The molecule has 0 aromatic carbocycles. The predicted octanol–water partition coefficient (Wildman–Crippen LogP) is 0.409. The van der Waals surface area contributed by atoms with E-state index >= 15 is 0 Å². The Morgan fingerprint density at radius 2 is 2.13 bits per heavy atom. The summed E-state index contributed by atoms with van der Waals surface area (Å²) in [7, 11) is 0. The van der Waals surface area contributed by atoms with Crippen LogP contribution in [0.1, 0.15) is 32.1 Å². The first-order valence-electron chi connectivity index (χ1n) is 5.89. The van der Waals surface area contributed by atoms with Crippen molar-refractivity contribution in [3.63, 3.8) is 0 Å². The first kappa shape index (κ1) is 10.9. The van der Waals surface area contributed by atoms with Gasteiger partial charge in [-0.05, 0) is 25.2 Å². The van der Waals surface area contributed by atoms with Crippen LogP contribution in [0.2, 0.25) is 0 Å². The molecular formula is C11H20N2O2. The molecule has 0 aliphatic heterocycles. The van der Waals surface area contributed by atoms with Crippen LogP contribution < -0.4 is 11.1 Å². The number of rotatable bonds is 8. The minimum absolute atomic E-state index is 0.295. The quantitative estimate of drug-likeness (QED) is 0.573. The number of primary amides is 1. The highest BCUT2D eigenvalue weighted by Crippen LogP contribution is 2.32. The van der Waals surface area contributed by atoms with Gasteiger partial charge < -0.3 is 15.8 Å². The van der Waals surface area contributed by atoms with Crippen molar-refractivity contribution in [2.75, 3.05) is 13.2 Å². The Morgan fingerprint density at radius 3 is 2.67 bits per heavy atom. The van der Waals surface area contributed by atoms with Crippen molar-refractivity contribution in [2.24, 2.45) is 11.7 Å². The largest absolute Gasteiger partial charge is 0.379 e. The summed E-state index contributed by atoms with van der Waals surface area (Å²) in [5.41, 5.74) is 5.29. The summed E-state index contributed by atoms with van der Waals surface area (Å²) in [6, 6.07) is 0.200. The second-order valence-corrected chi connectivity index (χ2v) is 4.70. The number of carbonyl (C=O) groups is 1. The lowest BCUT2D eigenvalue weighted by atomic mass is 10.3. The fourth-order valence-corrected chi connectivity index (χ4v) is 1.60. The van der Waals surface area contributed by atoms with E-state index in [-0.39, 0.29) is 11.9 Å². The lowest BCUT2D eigenvalue weighted by Gasteiger charge is -2.14. The van der Waals surface area contributed by atoms with Crippen molar-refractivity contribution in [3.8, 4) is 0 Å². The molecule has 0 saturated heterocycles. The molecule has 2 aliphatic carbocycles. The zero-order chi connectivity index (χ0) is 10.7. The molecule has 15 heavy (non-hydrogen) atoms. The molecule has 3 N–H and O–H groups in total. The molecule has 4 nitrogen and oxygen atoms in total. The molecule has 1 atom stereocenters. The first-order chi connectivity index (χ1) is 7.25. The van der Waals surface area contributed by atoms with Crippen molar-refractivity contribution in [1.82, 2.24) is 5.32 Å². The highest BCUT2D eigenvalue weighted by molar-refractivity contribution is 5.80. The second kappa shape index (κ2) is 4.94. The van der Waals surface area contributed by atoms with Crippen molar-refractivity contribution in [1.29, 1.82) is 0 Å². The van der Waals surface area contributed by atoms with Gasteiger partial charge in [-0.1, -0.05) is 12.8 Å². The van der Waals surface area contributed by atoms with Crippen LogP contribution in [0.25, 0.3) is 0 Å². The molecule has 0 aromatic rings. The second-order valence-electron chi connectivity index (χ2n) is 4.70. The Labute approximate surface area is 90.5 Å². The van der Waals surface area contributed by atoms with Crippen LogP contribution in [-0.4, -0.2) is 31.2 Å². The SMILES string of the molecule is NC(=O)C(COCCC1CC1)NC1CC1. The van der Waals surface area contributed by atoms with Crippen LogP contribution in [0.5, 0.6) is 0 Å². The Kier molecular flexibility index (Phi) is 3.59. The molecule has 0 bridgehead atoms. The number of hydrogen-bond acceptors (Lipinski definition) is 3. The molecular weight excluding hydrogens is 192 g/mol. The molecule has 2 fully saturated rings. The first-order valence-corrected chi connectivity index (χ1v) is 5.89. The topological polar surface area (TPSA) is 64.4 Å². The third kappa shape index (κ3) is 4.18. The zero-order valence-electron chi connectivity index (χ0n) is 9.08. The Bertz CT molecular complexity index is 225. The van der Waals surface area contributed by atoms with Gasteiger partial charge in [-0.2, -0.15) is 0 Å². The van der Waals surface area contributed by atoms with Crippen LogP contribution in [0.15, 0.2) is 0 Å². The molecule has 1 amide bonds. The molecule has 0 aromatic heterocycles. The number of amides is 1. The van der Waals surface area contributed by atoms with E-state index in [0.717, 1.165) is 31.8 Å². The fraction of sp³-hybridized carbons (Fsp3) is 0.909. The molecule has 86 valence electrons. The van der Waals surface area contributed by atoms with Crippen LogP contribution in [0.3, 0.4) is 0 Å². The third-order valence-corrected chi connectivity index (χ3v) is 3.01. The number of nitrogens with one attached hydrogen (secondary N) is 1. The van der Waals surface area contributed by atoms with Gasteiger partial charge in [0.15, 0.2) is 0 Å². The summed E-state index contributed by atoms with van der Waals surface area (Å²) in [5.74, 6) is 0.585. The van der Waals surface area contributed by atoms with Crippen molar-refractivity contribution in [2.45, 2.75) is 44.2 Å². The molecule has 2 rings (SSSR count). The van der Waals surface area contributed by atoms with Crippen LogP contribution in [-0.2, 0) is 9.53 Å². The van der Waals surface area contributed by atoms with E-state index in [1.165, 1.54) is 12.8 Å². The molecule has 2 aliphatic rings. The van der Waals surface area contributed by atoms with E-state index in [0.29, 0.717) is 12.6 Å². The Balaban J connectivity index is 1.57. The smallest absolute Gasteiger partial charge is 0.236 e. The van der Waals surface area contributed by atoms with Crippen molar-refractivity contribution in [3.05, 3.63) is 0 Å². The van der Waals surface area contributed by atoms with Gasteiger partial charge in [-0.25, -0.2) is 0 Å². The fourth-order valence-electron chi connectivity index (χ4n) is 1.60. The predicted molar refractivity (Wildman–Crippen MR) is 57.3 cm³/mol. The molecule has 0 radical (unpaired) electrons. The normalized spacial score (nSPS) is 22.7. The standard InChI is InChI=1S/C11H20N2O2/c12-11(14)10(13-9-3-4-9)7-15-6-5-8-1-2-8/h8-10,13H,1-7H2,(H2,12,14). The Hall–Kier alpha value is -0.610. The molecule has 0 spiro atoms. The summed E-state index contributed by atoms with van der Waals surface area (Å²) in [6.07, 6.45) is 6.15. The number of hydrogen-bond donors (Lipinski definition) is 2. The van der Waals surface area contributed by atoms with Gasteiger partial charge in [0.25, 0.3) is 0 Å². The summed E-state index contributed by atoms with van der Waals surface area (Å²) in [6.45, 7) is 1.19. The lowest BCUT2D eigenvalue weighted by Crippen LogP contribution is -2.45. The van der Waals surface area contributed by atoms with Gasteiger partial charge in [0.05, 0.1) is 6.61 Å². The lowest BCUT2D eigenvalue weighted by molar-refractivity contribution is -0.121. The number of carbonyl (C=O) groups excluding carboxylic acids is 1. The summed E-state index contributed by atoms with van der Waals surface area (Å²) < 4.78 is 5.47. The average molecular weight is 212 g/mol. The summed E-state index contributed by atoms with van der Waals surface area (Å²) >= 11 is 0. The highest BCUT2D eigenvalue weighted by Gasteiger charge is 2.27. The molecule has 2 saturated carbocycles. The average Bonchev–Trinajstić information content (AvgIpc) is 3.03. The third-order valence-electron chi connectivity index (χ3n) is 3.01. The Morgan fingerprint density at radius 1 is 1.40 bits per heavy atom. The molecule has 1 unspecified atom stereocenters. The van der Waals surface area contributed by atoms with Crippen LogP contribution in [0, 0.1) is 5.92 Å². The maximum absolute atomic E-state index is 11.1. The van der Waals surface area contributed by atoms with E-state index in [1.807, 2.05) is 0 Å². The van der Waals surface area contributed by atoms with E-state index < -0.39 is 0 Å². The zero-order valence-corrected chi connectivity index (χ0v) is 9.08. The van der Waals surface area contributed by atoms with E-state index in [1.54, 1.807) is 0 Å². The van der Waals surface area contributed by atoms with Gasteiger partial charge in [0.2, 0.25) is 5.91 Å². The molecule has 4 heteroatoms. The highest BCUT2D eigenvalue weighted by atomic mass is 16.5. The van der Waals surface area contributed by atoms with E-state index in [2.05, 4.69) is 5.32 Å². The summed E-state index contributed by atoms with van der Waals surface area (Å²) in [5, 5.41) is 3.19. The van der Waals surface area contributed by atoms with Gasteiger partial charge in [0, 0.05) is 12.6 Å². The van der Waals surface area contributed by atoms with Gasteiger partial charge in [-0.3, -0.25) is 4.79 Å². The van der Waals surface area contributed by atoms with Gasteiger partial charge in [-0.15, -0.1) is 0 Å². The van der Waals surface area contributed by atoms with Gasteiger partial charge >= 0.3 is 0 Å². The molecule has 0 heterocycles. The van der Waals surface area contributed by atoms with E-state index in [9.17, 15) is 4.79 Å². The minimum atomic E-state index is -0.298. The maximum atomic E-state index is 11.1. The number of ether oxygens (including phenoxy) is 1.